The van der Waals surface area contributed by atoms with E-state index in [4.69, 9.17) is 16.7 Å². The molecule has 5 nitrogen and oxygen atoms in total. The monoisotopic (exact) mass is 269 g/mol. The molecule has 18 heavy (non-hydrogen) atoms. The van der Waals surface area contributed by atoms with Gasteiger partial charge in [0.05, 0.1) is 10.6 Å². The number of carbonyl (C=O) groups is 2. The number of aromatic hydroxyl groups is 1. The standard InChI is InChI=1S/C12H12ClNO4/c13-9-4-3-7(15)6-8(9)11(16)14-5-1-2-10(14)12(17)18/h3-4,6,10,15H,1-2,5H2,(H,17,18)/t10-/m1/s1. The number of benzene rings is 1. The van der Waals surface area contributed by atoms with Gasteiger partial charge in [0.15, 0.2) is 0 Å². The minimum atomic E-state index is -1.02. The van der Waals surface area contributed by atoms with E-state index in [9.17, 15) is 14.7 Å². The van der Waals surface area contributed by atoms with E-state index in [-0.39, 0.29) is 16.3 Å². The zero-order valence-corrected chi connectivity index (χ0v) is 10.2. The predicted molar refractivity (Wildman–Crippen MR) is 64.8 cm³/mol. The normalized spacial score (nSPS) is 18.9. The molecule has 1 heterocycles. The first kappa shape index (κ1) is 12.7. The summed E-state index contributed by atoms with van der Waals surface area (Å²) in [5.41, 5.74) is 0.129. The van der Waals surface area contributed by atoms with Gasteiger partial charge in [0.2, 0.25) is 0 Å². The van der Waals surface area contributed by atoms with Crippen LogP contribution in [0.1, 0.15) is 23.2 Å². The van der Waals surface area contributed by atoms with Crippen molar-refractivity contribution in [3.8, 4) is 5.75 Å². The van der Waals surface area contributed by atoms with E-state index in [0.717, 1.165) is 0 Å². The van der Waals surface area contributed by atoms with Crippen LogP contribution in [0.5, 0.6) is 5.75 Å². The van der Waals surface area contributed by atoms with Crippen molar-refractivity contribution in [3.63, 3.8) is 0 Å². The van der Waals surface area contributed by atoms with E-state index in [1.165, 1.54) is 23.1 Å². The lowest BCUT2D eigenvalue weighted by molar-refractivity contribution is -0.141. The fourth-order valence-corrected chi connectivity index (χ4v) is 2.30. The quantitative estimate of drug-likeness (QED) is 0.857. The van der Waals surface area contributed by atoms with Crippen molar-refractivity contribution in [2.75, 3.05) is 6.54 Å². The molecular weight excluding hydrogens is 258 g/mol. The molecule has 0 saturated carbocycles. The van der Waals surface area contributed by atoms with Crippen LogP contribution in [0.4, 0.5) is 0 Å². The number of rotatable bonds is 2. The van der Waals surface area contributed by atoms with Crippen LogP contribution in [0.25, 0.3) is 0 Å². The SMILES string of the molecule is O=C(O)[C@H]1CCCN1C(=O)c1cc(O)ccc1Cl. The fourth-order valence-electron chi connectivity index (χ4n) is 2.10. The molecule has 2 rings (SSSR count). The van der Waals surface area contributed by atoms with Gasteiger partial charge in [-0.05, 0) is 31.0 Å². The molecule has 1 amide bonds. The lowest BCUT2D eigenvalue weighted by atomic mass is 10.1. The van der Waals surface area contributed by atoms with E-state index < -0.39 is 17.9 Å². The van der Waals surface area contributed by atoms with E-state index in [1.807, 2.05) is 0 Å². The van der Waals surface area contributed by atoms with Crippen LogP contribution in [0, 0.1) is 0 Å². The Morgan fingerprint density at radius 2 is 2.11 bits per heavy atom. The number of aliphatic carboxylic acids is 1. The summed E-state index contributed by atoms with van der Waals surface area (Å²) in [6, 6.07) is 3.23. The highest BCUT2D eigenvalue weighted by molar-refractivity contribution is 6.33. The number of likely N-dealkylation sites (tertiary alicyclic amines) is 1. The molecule has 0 unspecified atom stereocenters. The smallest absolute Gasteiger partial charge is 0.326 e. The number of hydrogen-bond donors (Lipinski definition) is 2. The van der Waals surface area contributed by atoms with Crippen molar-refractivity contribution in [3.05, 3.63) is 28.8 Å². The van der Waals surface area contributed by atoms with Gasteiger partial charge >= 0.3 is 5.97 Å². The predicted octanol–water partition coefficient (Wildman–Crippen LogP) is 1.73. The highest BCUT2D eigenvalue weighted by Gasteiger charge is 2.35. The van der Waals surface area contributed by atoms with Gasteiger partial charge in [-0.15, -0.1) is 0 Å². The number of carboxylic acids is 1. The van der Waals surface area contributed by atoms with Crippen LogP contribution >= 0.6 is 11.6 Å². The van der Waals surface area contributed by atoms with E-state index in [0.29, 0.717) is 19.4 Å². The van der Waals surface area contributed by atoms with Gasteiger partial charge < -0.3 is 15.1 Å². The van der Waals surface area contributed by atoms with Gasteiger partial charge in [0.25, 0.3) is 5.91 Å². The molecule has 1 saturated heterocycles. The topological polar surface area (TPSA) is 77.8 Å². The number of nitrogens with zero attached hydrogens (tertiary/aromatic N) is 1. The summed E-state index contributed by atoms with van der Waals surface area (Å²) in [4.78, 5) is 24.5. The summed E-state index contributed by atoms with van der Waals surface area (Å²) >= 11 is 5.89. The summed E-state index contributed by atoms with van der Waals surface area (Å²) in [6.45, 7) is 0.391. The Kier molecular flexibility index (Phi) is 3.43. The molecule has 1 fully saturated rings. The largest absolute Gasteiger partial charge is 0.508 e. The van der Waals surface area contributed by atoms with Crippen molar-refractivity contribution in [2.24, 2.45) is 0 Å². The number of halogens is 1. The Morgan fingerprint density at radius 3 is 2.78 bits per heavy atom. The molecule has 1 aromatic carbocycles. The average Bonchev–Trinajstić information content (AvgIpc) is 2.80. The second kappa shape index (κ2) is 4.86. The highest BCUT2D eigenvalue weighted by Crippen LogP contribution is 2.26. The van der Waals surface area contributed by atoms with Crippen LogP contribution < -0.4 is 0 Å². The summed E-state index contributed by atoms with van der Waals surface area (Å²) in [5.74, 6) is -1.55. The molecule has 2 N–H and O–H groups in total. The van der Waals surface area contributed by atoms with Crippen molar-refractivity contribution in [1.82, 2.24) is 4.90 Å². The zero-order chi connectivity index (χ0) is 13.3. The third-order valence-corrected chi connectivity index (χ3v) is 3.31. The Hall–Kier alpha value is -1.75. The first-order chi connectivity index (χ1) is 8.50. The minimum absolute atomic E-state index is 0.0752. The molecular formula is C12H12ClNO4. The van der Waals surface area contributed by atoms with Gasteiger partial charge in [-0.25, -0.2) is 4.79 Å². The number of phenolic OH excluding ortho intramolecular Hbond substituents is 1. The molecule has 1 aliphatic heterocycles. The molecule has 1 aromatic rings. The molecule has 1 aliphatic rings. The average molecular weight is 270 g/mol. The molecule has 96 valence electrons. The first-order valence-corrected chi connectivity index (χ1v) is 5.91. The van der Waals surface area contributed by atoms with Crippen LogP contribution in [0.3, 0.4) is 0 Å². The van der Waals surface area contributed by atoms with Crippen molar-refractivity contribution in [1.29, 1.82) is 0 Å². The van der Waals surface area contributed by atoms with Crippen molar-refractivity contribution >= 4 is 23.5 Å². The van der Waals surface area contributed by atoms with Crippen LogP contribution in [0.15, 0.2) is 18.2 Å². The van der Waals surface area contributed by atoms with Gasteiger partial charge in [0, 0.05) is 6.54 Å². The highest BCUT2D eigenvalue weighted by atomic mass is 35.5. The van der Waals surface area contributed by atoms with Gasteiger partial charge in [0.1, 0.15) is 11.8 Å². The summed E-state index contributed by atoms with van der Waals surface area (Å²) in [6.07, 6.45) is 1.09. The maximum absolute atomic E-state index is 12.2. The molecule has 0 aromatic heterocycles. The lowest BCUT2D eigenvalue weighted by Crippen LogP contribution is -2.40. The minimum Gasteiger partial charge on any atom is -0.508 e. The number of amides is 1. The number of hydrogen-bond acceptors (Lipinski definition) is 3. The van der Waals surface area contributed by atoms with E-state index >= 15 is 0 Å². The summed E-state index contributed by atoms with van der Waals surface area (Å²) < 4.78 is 0. The summed E-state index contributed by atoms with van der Waals surface area (Å²) in [5, 5.41) is 18.6. The van der Waals surface area contributed by atoms with Crippen LogP contribution in [-0.4, -0.2) is 39.6 Å². The first-order valence-electron chi connectivity index (χ1n) is 5.53. The van der Waals surface area contributed by atoms with Gasteiger partial charge in [-0.3, -0.25) is 4.79 Å². The molecule has 0 aliphatic carbocycles. The molecule has 6 heteroatoms. The second-order valence-electron chi connectivity index (χ2n) is 4.16. The number of carboxylic acid groups (broad SMARTS) is 1. The second-order valence-corrected chi connectivity index (χ2v) is 4.57. The van der Waals surface area contributed by atoms with Crippen molar-refractivity contribution in [2.45, 2.75) is 18.9 Å². The molecule has 0 radical (unpaired) electrons. The van der Waals surface area contributed by atoms with Gasteiger partial charge in [-0.1, -0.05) is 11.6 Å². The molecule has 0 spiro atoms. The molecule has 1 atom stereocenters. The van der Waals surface area contributed by atoms with Crippen LogP contribution in [-0.2, 0) is 4.79 Å². The fraction of sp³-hybridized carbons (Fsp3) is 0.333. The zero-order valence-electron chi connectivity index (χ0n) is 9.47. The Labute approximate surface area is 109 Å². The van der Waals surface area contributed by atoms with E-state index in [1.54, 1.807) is 0 Å². The summed E-state index contributed by atoms with van der Waals surface area (Å²) in [7, 11) is 0. The van der Waals surface area contributed by atoms with Crippen molar-refractivity contribution < 1.29 is 19.8 Å². The lowest BCUT2D eigenvalue weighted by Gasteiger charge is -2.21. The molecule has 0 bridgehead atoms. The third-order valence-electron chi connectivity index (χ3n) is 2.98. The Bertz CT molecular complexity index is 503. The number of phenols is 1. The maximum Gasteiger partial charge on any atom is 0.326 e. The Balaban J connectivity index is 2.31. The number of carbonyl (C=O) groups excluding carboxylic acids is 1. The van der Waals surface area contributed by atoms with E-state index in [2.05, 4.69) is 0 Å². The third kappa shape index (κ3) is 2.26. The Morgan fingerprint density at radius 1 is 1.39 bits per heavy atom. The van der Waals surface area contributed by atoms with Gasteiger partial charge in [-0.2, -0.15) is 0 Å². The van der Waals surface area contributed by atoms with Crippen LogP contribution in [0.2, 0.25) is 5.02 Å². The maximum atomic E-state index is 12.2.